The summed E-state index contributed by atoms with van der Waals surface area (Å²) in [5, 5.41) is 6.54. The Labute approximate surface area is 188 Å². The van der Waals surface area contributed by atoms with Crippen LogP contribution in [0.15, 0.2) is 21.5 Å². The molecule has 1 fully saturated rings. The predicted molar refractivity (Wildman–Crippen MR) is 121 cm³/mol. The molecule has 1 aliphatic heterocycles. The molecule has 0 radical (unpaired) electrons. The number of carbonyl (C=O) groups excluding carboxylic acids is 2. The molecule has 1 aromatic rings. The van der Waals surface area contributed by atoms with Gasteiger partial charge in [0.15, 0.2) is 11.7 Å². The summed E-state index contributed by atoms with van der Waals surface area (Å²) < 4.78 is 10.8. The molecular weight excluding hydrogens is 489 g/mol. The van der Waals surface area contributed by atoms with Gasteiger partial charge in [-0.1, -0.05) is 0 Å². The van der Waals surface area contributed by atoms with Crippen molar-refractivity contribution < 1.29 is 18.7 Å². The summed E-state index contributed by atoms with van der Waals surface area (Å²) in [7, 11) is 0. The van der Waals surface area contributed by atoms with E-state index in [0.29, 0.717) is 31.4 Å². The topological polar surface area (TPSA) is 122 Å². The second kappa shape index (κ2) is 11.3. The SMILES string of the molecule is CCNC(=NCc1ccc(C(N)=O)o1)NC1CCCN(C(=O)OC(C)(C)C)C1.I. The molecule has 10 heteroatoms. The fourth-order valence-corrected chi connectivity index (χ4v) is 2.85. The molecule has 2 amide bonds. The van der Waals surface area contributed by atoms with E-state index >= 15 is 0 Å². The lowest BCUT2D eigenvalue weighted by Gasteiger charge is -2.35. The summed E-state index contributed by atoms with van der Waals surface area (Å²) in [6, 6.07) is 3.28. The smallest absolute Gasteiger partial charge is 0.410 e. The summed E-state index contributed by atoms with van der Waals surface area (Å²) >= 11 is 0. The number of hydrogen-bond acceptors (Lipinski definition) is 5. The first-order chi connectivity index (χ1) is 13.2. The van der Waals surface area contributed by atoms with Gasteiger partial charge in [-0.15, -0.1) is 24.0 Å². The first kappa shape index (κ1) is 25.1. The number of piperidine rings is 1. The molecule has 29 heavy (non-hydrogen) atoms. The number of aliphatic imine (C=N–C) groups is 1. The van der Waals surface area contributed by atoms with Crippen LogP contribution in [0.1, 0.15) is 56.9 Å². The minimum Gasteiger partial charge on any atom is -0.454 e. The first-order valence-corrected chi connectivity index (χ1v) is 9.59. The molecule has 1 unspecified atom stereocenters. The lowest BCUT2D eigenvalue weighted by molar-refractivity contribution is 0.0193. The van der Waals surface area contributed by atoms with Gasteiger partial charge in [-0.2, -0.15) is 0 Å². The Balaban J connectivity index is 0.00000420. The zero-order valence-corrected chi connectivity index (χ0v) is 19.8. The first-order valence-electron chi connectivity index (χ1n) is 9.59. The Bertz CT molecular complexity index is 714. The number of guanidine groups is 1. The van der Waals surface area contributed by atoms with Crippen LogP contribution in [0.3, 0.4) is 0 Å². The van der Waals surface area contributed by atoms with Crippen molar-refractivity contribution in [2.75, 3.05) is 19.6 Å². The molecule has 2 rings (SSSR count). The van der Waals surface area contributed by atoms with E-state index < -0.39 is 11.5 Å². The Kier molecular flexibility index (Phi) is 9.74. The Morgan fingerprint density at radius 1 is 1.38 bits per heavy atom. The molecule has 0 saturated carbocycles. The number of furan rings is 1. The van der Waals surface area contributed by atoms with Crippen molar-refractivity contribution in [2.24, 2.45) is 10.7 Å². The average Bonchev–Trinajstić information content (AvgIpc) is 3.08. The highest BCUT2D eigenvalue weighted by molar-refractivity contribution is 14.0. The van der Waals surface area contributed by atoms with Gasteiger partial charge in [0.2, 0.25) is 0 Å². The van der Waals surface area contributed by atoms with Gasteiger partial charge in [-0.25, -0.2) is 9.79 Å². The van der Waals surface area contributed by atoms with E-state index in [0.717, 1.165) is 12.8 Å². The fraction of sp³-hybridized carbons (Fsp3) is 0.632. The molecule has 0 aromatic carbocycles. The number of carbonyl (C=O) groups is 2. The maximum Gasteiger partial charge on any atom is 0.410 e. The van der Waals surface area contributed by atoms with Crippen LogP contribution in [0, 0.1) is 0 Å². The van der Waals surface area contributed by atoms with E-state index in [-0.39, 0.29) is 48.4 Å². The molecule has 1 saturated heterocycles. The van der Waals surface area contributed by atoms with E-state index in [9.17, 15) is 9.59 Å². The highest BCUT2D eigenvalue weighted by Gasteiger charge is 2.28. The van der Waals surface area contributed by atoms with Crippen molar-refractivity contribution in [3.8, 4) is 0 Å². The summed E-state index contributed by atoms with van der Waals surface area (Å²) in [4.78, 5) is 29.7. The summed E-state index contributed by atoms with van der Waals surface area (Å²) in [6.07, 6.45) is 1.52. The largest absolute Gasteiger partial charge is 0.454 e. The average molecular weight is 521 g/mol. The van der Waals surface area contributed by atoms with E-state index in [2.05, 4.69) is 15.6 Å². The Hall–Kier alpha value is -1.98. The van der Waals surface area contributed by atoms with Crippen LogP contribution in [0.25, 0.3) is 0 Å². The highest BCUT2D eigenvalue weighted by atomic mass is 127. The van der Waals surface area contributed by atoms with E-state index in [4.69, 9.17) is 14.9 Å². The van der Waals surface area contributed by atoms with Crippen molar-refractivity contribution in [1.29, 1.82) is 0 Å². The molecule has 1 aliphatic rings. The Morgan fingerprint density at radius 3 is 2.69 bits per heavy atom. The molecule has 1 atom stereocenters. The van der Waals surface area contributed by atoms with Gasteiger partial charge in [-0.05, 0) is 52.7 Å². The van der Waals surface area contributed by atoms with Gasteiger partial charge in [0.1, 0.15) is 17.9 Å². The lowest BCUT2D eigenvalue weighted by atomic mass is 10.1. The normalized spacial score (nSPS) is 17.3. The lowest BCUT2D eigenvalue weighted by Crippen LogP contribution is -2.53. The standard InChI is InChI=1S/C19H31N5O4.HI/c1-5-21-17(22-11-14-8-9-15(27-14)16(20)25)23-13-7-6-10-24(12-13)18(26)28-19(2,3)4;/h8-9,13H,5-7,10-12H2,1-4H3,(H2,20,25)(H2,21,22,23);1H. The molecule has 9 nitrogen and oxygen atoms in total. The number of primary amides is 1. The minimum absolute atomic E-state index is 0. The third kappa shape index (κ3) is 8.50. The quantitative estimate of drug-likeness (QED) is 0.311. The van der Waals surface area contributed by atoms with Gasteiger partial charge in [-0.3, -0.25) is 4.79 Å². The van der Waals surface area contributed by atoms with Gasteiger partial charge in [0.25, 0.3) is 5.91 Å². The van der Waals surface area contributed by atoms with Crippen LogP contribution in [0.5, 0.6) is 0 Å². The number of amides is 2. The third-order valence-electron chi connectivity index (χ3n) is 4.06. The number of nitrogens with one attached hydrogen (secondary N) is 2. The number of nitrogens with zero attached hydrogens (tertiary/aromatic N) is 2. The van der Waals surface area contributed by atoms with Gasteiger partial charge < -0.3 is 30.4 Å². The van der Waals surface area contributed by atoms with Gasteiger partial charge in [0.05, 0.1) is 0 Å². The number of nitrogens with two attached hydrogens (primary N) is 1. The third-order valence-corrected chi connectivity index (χ3v) is 4.06. The number of ether oxygens (including phenoxy) is 1. The van der Waals surface area contributed by atoms with E-state index in [1.165, 1.54) is 6.07 Å². The zero-order valence-electron chi connectivity index (χ0n) is 17.5. The molecule has 164 valence electrons. The number of halogens is 1. The molecule has 0 spiro atoms. The highest BCUT2D eigenvalue weighted by Crippen LogP contribution is 2.15. The monoisotopic (exact) mass is 521 g/mol. The van der Waals surface area contributed by atoms with Crippen molar-refractivity contribution in [1.82, 2.24) is 15.5 Å². The van der Waals surface area contributed by atoms with Crippen molar-refractivity contribution in [3.63, 3.8) is 0 Å². The maximum absolute atomic E-state index is 12.3. The summed E-state index contributed by atoms with van der Waals surface area (Å²) in [5.41, 5.74) is 4.68. The minimum atomic E-state index is -0.607. The van der Waals surface area contributed by atoms with Crippen LogP contribution in [-0.2, 0) is 11.3 Å². The zero-order chi connectivity index (χ0) is 20.7. The van der Waals surface area contributed by atoms with Crippen molar-refractivity contribution in [3.05, 3.63) is 23.7 Å². The molecule has 1 aromatic heterocycles. The predicted octanol–water partition coefficient (Wildman–Crippen LogP) is 2.45. The van der Waals surface area contributed by atoms with E-state index in [1.807, 2.05) is 27.7 Å². The van der Waals surface area contributed by atoms with Crippen LogP contribution < -0.4 is 16.4 Å². The second-order valence-electron chi connectivity index (χ2n) is 7.74. The fourth-order valence-electron chi connectivity index (χ4n) is 2.85. The number of hydrogen-bond donors (Lipinski definition) is 3. The Morgan fingerprint density at radius 2 is 2.10 bits per heavy atom. The second-order valence-corrected chi connectivity index (χ2v) is 7.74. The van der Waals surface area contributed by atoms with Gasteiger partial charge in [0, 0.05) is 25.7 Å². The maximum atomic E-state index is 12.3. The number of rotatable bonds is 5. The van der Waals surface area contributed by atoms with Crippen molar-refractivity contribution in [2.45, 2.75) is 58.7 Å². The molecular formula is C19H32IN5O4. The molecule has 0 aliphatic carbocycles. The van der Waals surface area contributed by atoms with Crippen LogP contribution in [0.4, 0.5) is 4.79 Å². The molecule has 4 N–H and O–H groups in total. The summed E-state index contributed by atoms with van der Waals surface area (Å²) in [5.74, 6) is 0.675. The summed E-state index contributed by atoms with van der Waals surface area (Å²) in [6.45, 7) is 9.75. The molecule has 2 heterocycles. The van der Waals surface area contributed by atoms with Crippen LogP contribution in [0.2, 0.25) is 0 Å². The molecule has 0 bridgehead atoms. The van der Waals surface area contributed by atoms with Gasteiger partial charge >= 0.3 is 6.09 Å². The van der Waals surface area contributed by atoms with Crippen LogP contribution in [-0.4, -0.2) is 54.1 Å². The van der Waals surface area contributed by atoms with E-state index in [1.54, 1.807) is 11.0 Å². The number of likely N-dealkylation sites (tertiary alicyclic amines) is 1. The van der Waals surface area contributed by atoms with Crippen LogP contribution >= 0.6 is 24.0 Å². The van der Waals surface area contributed by atoms with Crippen molar-refractivity contribution >= 4 is 41.9 Å².